The summed E-state index contributed by atoms with van der Waals surface area (Å²) in [5.74, 6) is 0.464. The summed E-state index contributed by atoms with van der Waals surface area (Å²) in [6.45, 7) is 0. The van der Waals surface area contributed by atoms with E-state index in [0.717, 1.165) is 12.8 Å². The van der Waals surface area contributed by atoms with Gasteiger partial charge in [0, 0.05) is 50.1 Å². The summed E-state index contributed by atoms with van der Waals surface area (Å²) in [5.41, 5.74) is 13.5. The van der Waals surface area contributed by atoms with Gasteiger partial charge in [0.2, 0.25) is 0 Å². The van der Waals surface area contributed by atoms with Crippen LogP contribution in [-0.2, 0) is 6.42 Å². The van der Waals surface area contributed by atoms with E-state index in [1.807, 2.05) is 11.8 Å². The highest BCUT2D eigenvalue weighted by Gasteiger charge is 2.33. The number of hydrogen-bond acceptors (Lipinski definition) is 1. The molecule has 0 fully saturated rings. The minimum atomic E-state index is 0.464. The quantitative estimate of drug-likeness (QED) is 0.220. The molecular weight excluding hydrogens is 504 g/mol. The highest BCUT2D eigenvalue weighted by atomic mass is 32.2. The highest BCUT2D eigenvalue weighted by molar-refractivity contribution is 8.03. The number of benzene rings is 3. The van der Waals surface area contributed by atoms with E-state index in [1.54, 1.807) is 0 Å². The molecule has 0 N–H and O–H groups in total. The van der Waals surface area contributed by atoms with Gasteiger partial charge in [0.15, 0.2) is 0 Å². The number of aromatic nitrogens is 2. The van der Waals surface area contributed by atoms with E-state index in [9.17, 15) is 0 Å². The lowest BCUT2D eigenvalue weighted by Crippen LogP contribution is -2.12. The van der Waals surface area contributed by atoms with Gasteiger partial charge in [0.25, 0.3) is 0 Å². The van der Waals surface area contributed by atoms with Crippen LogP contribution < -0.4 is 0 Å². The van der Waals surface area contributed by atoms with Crippen molar-refractivity contribution >= 4 is 51.3 Å². The van der Waals surface area contributed by atoms with Crippen LogP contribution in [-0.4, -0.2) is 14.4 Å². The van der Waals surface area contributed by atoms with Gasteiger partial charge in [0.1, 0.15) is 0 Å². The lowest BCUT2D eigenvalue weighted by molar-refractivity contribution is 0.745. The molecule has 3 aliphatic carbocycles. The second-order valence-corrected chi connectivity index (χ2v) is 12.3. The Balaban J connectivity index is 1.20. The molecule has 0 saturated heterocycles. The minimum absolute atomic E-state index is 0.464. The molecular formula is C37H28N2S. The standard InChI is InChI=1S/C37H28N2S/c1-4-10-32-29(7-1)30-8-2-5-11-33(30)38(32)26-15-17-27(18-16-26)39-34-12-6-3-9-31(34)37-28-19-13-24-21-22-40-36(24)23-25(28)14-20-35(37)39/h1-5,7-11,13-22,25,36H,6,12,23H2. The van der Waals surface area contributed by atoms with Gasteiger partial charge < -0.3 is 9.13 Å². The Morgan fingerprint density at radius 1 is 0.725 bits per heavy atom. The molecule has 2 atom stereocenters. The van der Waals surface area contributed by atoms with Crippen LogP contribution in [0.1, 0.15) is 35.4 Å². The van der Waals surface area contributed by atoms with Gasteiger partial charge in [-0.15, -0.1) is 11.8 Å². The third-order valence-corrected chi connectivity index (χ3v) is 10.2. The van der Waals surface area contributed by atoms with Gasteiger partial charge in [0.05, 0.1) is 16.7 Å². The summed E-state index contributed by atoms with van der Waals surface area (Å²) in [7, 11) is 0. The summed E-state index contributed by atoms with van der Waals surface area (Å²) in [6.07, 6.45) is 20.0. The Morgan fingerprint density at radius 2 is 1.45 bits per heavy atom. The smallest absolute Gasteiger partial charge is 0.0541 e. The number of rotatable bonds is 2. The van der Waals surface area contributed by atoms with Crippen LogP contribution in [0.5, 0.6) is 0 Å². The number of allylic oxidation sites excluding steroid dienone is 6. The fourth-order valence-corrected chi connectivity index (χ4v) is 8.35. The number of nitrogens with zero attached hydrogens (tertiary/aromatic N) is 2. The maximum atomic E-state index is 2.53. The Bertz CT molecular complexity index is 1950. The molecule has 4 aliphatic rings. The van der Waals surface area contributed by atoms with Crippen LogP contribution >= 0.6 is 11.8 Å². The van der Waals surface area contributed by atoms with Gasteiger partial charge >= 0.3 is 0 Å². The molecule has 2 nitrogen and oxygen atoms in total. The molecule has 0 amide bonds. The number of thioether (sulfide) groups is 1. The zero-order valence-electron chi connectivity index (χ0n) is 22.1. The second-order valence-electron chi connectivity index (χ2n) is 11.2. The van der Waals surface area contributed by atoms with Crippen molar-refractivity contribution in [1.29, 1.82) is 0 Å². The summed E-state index contributed by atoms with van der Waals surface area (Å²) in [6, 6.07) is 26.7. The summed E-state index contributed by atoms with van der Waals surface area (Å²) in [5, 5.41) is 5.43. The van der Waals surface area contributed by atoms with Crippen molar-refractivity contribution in [1.82, 2.24) is 9.13 Å². The molecule has 3 aromatic carbocycles. The molecule has 0 saturated carbocycles. The fourth-order valence-electron chi connectivity index (χ4n) is 7.29. The average Bonchev–Trinajstić information content (AvgIpc) is 3.66. The normalized spacial score (nSPS) is 20.6. The largest absolute Gasteiger partial charge is 0.313 e. The van der Waals surface area contributed by atoms with Gasteiger partial charge in [-0.25, -0.2) is 0 Å². The SMILES string of the molecule is C1=Cc2c3c(n(-c4ccc(-n5c6ccccc6c6ccccc65)cc4)c2CC1)C=CC1CC2SC=CC2=CC=C31. The maximum absolute atomic E-state index is 2.53. The van der Waals surface area contributed by atoms with Crippen LogP contribution in [0, 0.1) is 5.92 Å². The Morgan fingerprint density at radius 3 is 2.23 bits per heavy atom. The predicted octanol–water partition coefficient (Wildman–Crippen LogP) is 9.52. The van der Waals surface area contributed by atoms with Crippen LogP contribution in [0.25, 0.3) is 50.9 Å². The predicted molar refractivity (Wildman–Crippen MR) is 171 cm³/mol. The van der Waals surface area contributed by atoms with Gasteiger partial charge in [-0.2, -0.15) is 0 Å². The van der Waals surface area contributed by atoms with Crippen molar-refractivity contribution in [2.75, 3.05) is 0 Å². The third kappa shape index (κ3) is 3.19. The lowest BCUT2D eigenvalue weighted by atomic mass is 9.82. The van der Waals surface area contributed by atoms with Crippen molar-refractivity contribution < 1.29 is 0 Å². The van der Waals surface area contributed by atoms with Crippen LogP contribution in [0.2, 0.25) is 0 Å². The second kappa shape index (κ2) is 8.64. The van der Waals surface area contributed by atoms with E-state index in [2.05, 4.69) is 130 Å². The average molecular weight is 533 g/mol. The van der Waals surface area contributed by atoms with Crippen molar-refractivity contribution in [2.45, 2.75) is 24.5 Å². The first-order valence-electron chi connectivity index (χ1n) is 14.3. The molecule has 2 aromatic heterocycles. The molecule has 0 spiro atoms. The van der Waals surface area contributed by atoms with E-state index in [4.69, 9.17) is 0 Å². The van der Waals surface area contributed by atoms with Gasteiger partial charge in [-0.1, -0.05) is 72.9 Å². The fraction of sp³-hybridized carbons (Fsp3) is 0.135. The topological polar surface area (TPSA) is 9.86 Å². The minimum Gasteiger partial charge on any atom is -0.313 e. The van der Waals surface area contributed by atoms with E-state index in [-0.39, 0.29) is 0 Å². The molecule has 3 heterocycles. The summed E-state index contributed by atoms with van der Waals surface area (Å²) < 4.78 is 4.93. The van der Waals surface area contributed by atoms with Gasteiger partial charge in [-0.3, -0.25) is 0 Å². The number of hydrogen-bond donors (Lipinski definition) is 0. The zero-order valence-corrected chi connectivity index (χ0v) is 22.9. The molecule has 3 heteroatoms. The molecule has 5 aromatic rings. The number of para-hydroxylation sites is 2. The Kier molecular flexibility index (Phi) is 4.88. The first-order valence-corrected chi connectivity index (χ1v) is 15.2. The maximum Gasteiger partial charge on any atom is 0.0541 e. The molecule has 9 rings (SSSR count). The lowest BCUT2D eigenvalue weighted by Gasteiger charge is -2.24. The number of fused-ring (bicyclic) bond motifs is 9. The van der Waals surface area contributed by atoms with Gasteiger partial charge in [-0.05, 0) is 78.3 Å². The third-order valence-electron chi connectivity index (χ3n) is 9.10. The van der Waals surface area contributed by atoms with Crippen molar-refractivity contribution in [3.63, 3.8) is 0 Å². The van der Waals surface area contributed by atoms with Crippen LogP contribution in [0.4, 0.5) is 0 Å². The van der Waals surface area contributed by atoms with Crippen LogP contribution in [0.3, 0.4) is 0 Å². The van der Waals surface area contributed by atoms with Crippen molar-refractivity contribution in [2.24, 2.45) is 5.92 Å². The molecule has 40 heavy (non-hydrogen) atoms. The molecule has 0 radical (unpaired) electrons. The first-order chi connectivity index (χ1) is 19.8. The Labute approximate surface area is 238 Å². The van der Waals surface area contributed by atoms with E-state index in [0.29, 0.717) is 11.2 Å². The monoisotopic (exact) mass is 532 g/mol. The molecule has 2 unspecified atom stereocenters. The van der Waals surface area contributed by atoms with Crippen LogP contribution in [0.15, 0.2) is 114 Å². The molecule has 0 bridgehead atoms. The summed E-state index contributed by atoms with van der Waals surface area (Å²) in [4.78, 5) is 0. The first kappa shape index (κ1) is 22.6. The van der Waals surface area contributed by atoms with Crippen molar-refractivity contribution in [3.05, 3.63) is 137 Å². The van der Waals surface area contributed by atoms with E-state index >= 15 is 0 Å². The summed E-state index contributed by atoms with van der Waals surface area (Å²) >= 11 is 1.97. The van der Waals surface area contributed by atoms with E-state index in [1.165, 1.54) is 73.3 Å². The van der Waals surface area contributed by atoms with Crippen molar-refractivity contribution in [3.8, 4) is 11.4 Å². The highest BCUT2D eigenvalue weighted by Crippen LogP contribution is 2.47. The molecule has 1 aliphatic heterocycles. The van der Waals surface area contributed by atoms with E-state index < -0.39 is 0 Å². The zero-order chi connectivity index (χ0) is 26.2. The Hall–Kier alpha value is -4.21. The molecule has 192 valence electrons.